The van der Waals surface area contributed by atoms with Gasteiger partial charge in [0.1, 0.15) is 11.6 Å². The second-order valence-corrected chi connectivity index (χ2v) is 6.87. The zero-order chi connectivity index (χ0) is 14.2. The first-order valence-electron chi connectivity index (χ1n) is 6.75. The Bertz CT molecular complexity index is 477. The molecule has 1 saturated carbocycles. The summed E-state index contributed by atoms with van der Waals surface area (Å²) in [6.45, 7) is 4.29. The van der Waals surface area contributed by atoms with E-state index in [0.29, 0.717) is 10.4 Å². The molecule has 0 heterocycles. The molecule has 106 valence electrons. The summed E-state index contributed by atoms with van der Waals surface area (Å²) in [7, 11) is 0. The van der Waals surface area contributed by atoms with Crippen LogP contribution in [-0.2, 0) is 6.42 Å². The molecule has 2 rings (SSSR count). The maximum Gasteiger partial charge on any atom is 0.143 e. The van der Waals surface area contributed by atoms with Gasteiger partial charge in [-0.25, -0.2) is 8.78 Å². The van der Waals surface area contributed by atoms with Crippen LogP contribution in [0.15, 0.2) is 16.6 Å². The van der Waals surface area contributed by atoms with Crippen molar-refractivity contribution in [2.45, 2.75) is 45.1 Å². The molecule has 0 aromatic heterocycles. The van der Waals surface area contributed by atoms with Crippen molar-refractivity contribution in [1.82, 2.24) is 0 Å². The maximum atomic E-state index is 14.0. The van der Waals surface area contributed by atoms with Gasteiger partial charge >= 0.3 is 0 Å². The molecule has 1 aliphatic carbocycles. The van der Waals surface area contributed by atoms with Crippen molar-refractivity contribution in [1.29, 1.82) is 0 Å². The predicted octanol–water partition coefficient (Wildman–Crippen LogP) is 4.42. The van der Waals surface area contributed by atoms with Gasteiger partial charge in [-0.15, -0.1) is 0 Å². The van der Waals surface area contributed by atoms with Gasteiger partial charge in [0.05, 0.1) is 4.47 Å². The first-order valence-corrected chi connectivity index (χ1v) is 7.54. The minimum absolute atomic E-state index is 0.110. The Balaban J connectivity index is 2.28. The van der Waals surface area contributed by atoms with E-state index in [1.54, 1.807) is 0 Å². The quantitative estimate of drug-likeness (QED) is 0.797. The van der Waals surface area contributed by atoms with Gasteiger partial charge in [0.25, 0.3) is 0 Å². The fourth-order valence-electron chi connectivity index (χ4n) is 3.04. The Morgan fingerprint density at radius 2 is 2.05 bits per heavy atom. The van der Waals surface area contributed by atoms with Gasteiger partial charge in [0.2, 0.25) is 0 Å². The Labute approximate surface area is 121 Å². The van der Waals surface area contributed by atoms with Gasteiger partial charge in [-0.3, -0.25) is 0 Å². The normalized spacial score (nSPS) is 31.5. The van der Waals surface area contributed by atoms with Crippen LogP contribution >= 0.6 is 15.9 Å². The fourth-order valence-corrected chi connectivity index (χ4v) is 3.41. The van der Waals surface area contributed by atoms with Crippen LogP contribution in [0.3, 0.4) is 0 Å². The van der Waals surface area contributed by atoms with Gasteiger partial charge < -0.3 is 5.73 Å². The molecule has 4 heteroatoms. The van der Waals surface area contributed by atoms with E-state index in [4.69, 9.17) is 5.73 Å². The standard InChI is InChI=1S/C15H20BrF2N/c1-9-5-6-15(19,10(2)7-9)8-11-13(17)4-3-12(16)14(11)18/h3-4,9-10H,5-8,19H2,1-2H3. The van der Waals surface area contributed by atoms with Crippen molar-refractivity contribution in [3.63, 3.8) is 0 Å². The molecule has 1 nitrogen and oxygen atoms in total. The SMILES string of the molecule is CC1CCC(N)(Cc2c(F)ccc(Br)c2F)C(C)C1. The average molecular weight is 332 g/mol. The van der Waals surface area contributed by atoms with Crippen LogP contribution in [0.5, 0.6) is 0 Å². The van der Waals surface area contributed by atoms with Crippen molar-refractivity contribution in [3.05, 3.63) is 33.8 Å². The molecular weight excluding hydrogens is 312 g/mol. The molecular formula is C15H20BrF2N. The van der Waals surface area contributed by atoms with Gasteiger partial charge in [0, 0.05) is 11.1 Å². The molecule has 1 aromatic carbocycles. The Morgan fingerprint density at radius 3 is 2.68 bits per heavy atom. The van der Waals surface area contributed by atoms with E-state index in [-0.39, 0.29) is 17.9 Å². The van der Waals surface area contributed by atoms with Gasteiger partial charge in [-0.2, -0.15) is 0 Å². The molecule has 0 bridgehead atoms. The summed E-state index contributed by atoms with van der Waals surface area (Å²) in [5.41, 5.74) is 6.04. The number of halogens is 3. The highest BCUT2D eigenvalue weighted by molar-refractivity contribution is 9.10. The van der Waals surface area contributed by atoms with E-state index in [9.17, 15) is 8.78 Å². The lowest BCUT2D eigenvalue weighted by molar-refractivity contribution is 0.161. The molecule has 1 fully saturated rings. The fraction of sp³-hybridized carbons (Fsp3) is 0.600. The van der Waals surface area contributed by atoms with E-state index >= 15 is 0 Å². The molecule has 3 unspecified atom stereocenters. The number of hydrogen-bond donors (Lipinski definition) is 1. The summed E-state index contributed by atoms with van der Waals surface area (Å²) in [4.78, 5) is 0. The highest BCUT2D eigenvalue weighted by atomic mass is 79.9. The molecule has 1 aromatic rings. The van der Waals surface area contributed by atoms with Crippen molar-refractivity contribution in [2.75, 3.05) is 0 Å². The number of benzene rings is 1. The molecule has 0 aliphatic heterocycles. The number of hydrogen-bond acceptors (Lipinski definition) is 1. The van der Waals surface area contributed by atoms with Crippen molar-refractivity contribution in [2.24, 2.45) is 17.6 Å². The van der Waals surface area contributed by atoms with E-state index in [1.807, 2.05) is 0 Å². The summed E-state index contributed by atoms with van der Waals surface area (Å²) in [6.07, 6.45) is 3.13. The third-order valence-electron chi connectivity index (χ3n) is 4.48. The highest BCUT2D eigenvalue weighted by Crippen LogP contribution is 2.38. The number of nitrogens with two attached hydrogens (primary N) is 1. The third kappa shape index (κ3) is 3.00. The van der Waals surface area contributed by atoms with Gasteiger partial charge in [-0.05, 0) is 65.6 Å². The van der Waals surface area contributed by atoms with Crippen LogP contribution in [0.1, 0.15) is 38.7 Å². The zero-order valence-corrected chi connectivity index (χ0v) is 12.9. The number of rotatable bonds is 2. The molecule has 0 saturated heterocycles. The molecule has 0 spiro atoms. The first-order chi connectivity index (χ1) is 8.83. The lowest BCUT2D eigenvalue weighted by Gasteiger charge is -2.42. The van der Waals surface area contributed by atoms with Crippen LogP contribution in [0, 0.1) is 23.5 Å². The second-order valence-electron chi connectivity index (χ2n) is 6.01. The third-order valence-corrected chi connectivity index (χ3v) is 5.10. The van der Waals surface area contributed by atoms with Crippen LogP contribution < -0.4 is 5.73 Å². The van der Waals surface area contributed by atoms with Crippen LogP contribution in [0.2, 0.25) is 0 Å². The smallest absolute Gasteiger partial charge is 0.143 e. The maximum absolute atomic E-state index is 14.0. The van der Waals surface area contributed by atoms with Crippen LogP contribution in [0.25, 0.3) is 0 Å². The van der Waals surface area contributed by atoms with Crippen molar-refractivity contribution < 1.29 is 8.78 Å². The molecule has 0 amide bonds. The lowest BCUT2D eigenvalue weighted by Crippen LogP contribution is -2.51. The Hall–Kier alpha value is -0.480. The van der Waals surface area contributed by atoms with Gasteiger partial charge in [0.15, 0.2) is 0 Å². The average Bonchev–Trinajstić information content (AvgIpc) is 2.35. The summed E-state index contributed by atoms with van der Waals surface area (Å²) in [5.74, 6) is -0.107. The molecule has 2 N–H and O–H groups in total. The second kappa shape index (κ2) is 5.49. The summed E-state index contributed by atoms with van der Waals surface area (Å²) in [6, 6.07) is 2.69. The minimum Gasteiger partial charge on any atom is -0.325 e. The van der Waals surface area contributed by atoms with E-state index < -0.39 is 17.2 Å². The first kappa shape index (κ1) is 14.9. The van der Waals surface area contributed by atoms with E-state index in [1.165, 1.54) is 12.1 Å². The minimum atomic E-state index is -0.518. The Morgan fingerprint density at radius 1 is 1.37 bits per heavy atom. The largest absolute Gasteiger partial charge is 0.325 e. The van der Waals surface area contributed by atoms with Crippen molar-refractivity contribution in [3.8, 4) is 0 Å². The molecule has 1 aliphatic rings. The van der Waals surface area contributed by atoms with E-state index in [0.717, 1.165) is 19.3 Å². The zero-order valence-electron chi connectivity index (χ0n) is 11.3. The lowest BCUT2D eigenvalue weighted by atomic mass is 9.68. The van der Waals surface area contributed by atoms with Crippen LogP contribution in [-0.4, -0.2) is 5.54 Å². The van der Waals surface area contributed by atoms with E-state index in [2.05, 4.69) is 29.8 Å². The summed E-state index contributed by atoms with van der Waals surface area (Å²) in [5, 5.41) is 0. The summed E-state index contributed by atoms with van der Waals surface area (Å²) >= 11 is 3.10. The summed E-state index contributed by atoms with van der Waals surface area (Å²) < 4.78 is 28.2. The predicted molar refractivity (Wildman–Crippen MR) is 76.9 cm³/mol. The van der Waals surface area contributed by atoms with Crippen LogP contribution in [0.4, 0.5) is 8.78 Å². The monoisotopic (exact) mass is 331 g/mol. The topological polar surface area (TPSA) is 26.0 Å². The molecule has 3 atom stereocenters. The van der Waals surface area contributed by atoms with Crippen molar-refractivity contribution >= 4 is 15.9 Å². The van der Waals surface area contributed by atoms with Gasteiger partial charge in [-0.1, -0.05) is 13.8 Å². The highest BCUT2D eigenvalue weighted by Gasteiger charge is 2.38. The Kier molecular flexibility index (Phi) is 4.31. The molecule has 0 radical (unpaired) electrons. The molecule has 19 heavy (non-hydrogen) atoms.